The van der Waals surface area contributed by atoms with Gasteiger partial charge in [-0.15, -0.1) is 0 Å². The van der Waals surface area contributed by atoms with Gasteiger partial charge in [0, 0.05) is 12.4 Å². The van der Waals surface area contributed by atoms with E-state index in [1.807, 2.05) is 0 Å². The summed E-state index contributed by atoms with van der Waals surface area (Å²) in [6.45, 7) is 8.05. The predicted octanol–water partition coefficient (Wildman–Crippen LogP) is 3.47. The first-order valence-electron chi connectivity index (χ1n) is 6.06. The van der Waals surface area contributed by atoms with E-state index in [2.05, 4.69) is 16.9 Å². The summed E-state index contributed by atoms with van der Waals surface area (Å²) in [5.41, 5.74) is -0.601. The molecule has 1 N–H and O–H groups in total. The average Bonchev–Trinajstić information content (AvgIpc) is 2.35. The van der Waals surface area contributed by atoms with E-state index in [0.717, 1.165) is 0 Å². The molecule has 6 heteroatoms. The standard InChI is InChI=1S/C14H18F2N2O2/c1-5-14(15,16)11(10-7-6-8-17-9-10)18-12(19)20-13(2,3)4/h5-9,11H,1H2,2-4H3,(H,18,19). The van der Waals surface area contributed by atoms with Gasteiger partial charge in [0.25, 0.3) is 5.92 Å². The summed E-state index contributed by atoms with van der Waals surface area (Å²) in [5, 5.41) is 2.16. The summed E-state index contributed by atoms with van der Waals surface area (Å²) in [7, 11) is 0. The summed E-state index contributed by atoms with van der Waals surface area (Å²) in [6, 6.07) is 1.38. The van der Waals surface area contributed by atoms with Gasteiger partial charge in [-0.1, -0.05) is 12.6 Å². The molecule has 0 spiro atoms. The van der Waals surface area contributed by atoms with E-state index in [-0.39, 0.29) is 5.56 Å². The van der Waals surface area contributed by atoms with Crippen molar-refractivity contribution < 1.29 is 18.3 Å². The van der Waals surface area contributed by atoms with Crippen LogP contribution < -0.4 is 5.32 Å². The van der Waals surface area contributed by atoms with E-state index in [1.54, 1.807) is 20.8 Å². The highest BCUT2D eigenvalue weighted by molar-refractivity contribution is 5.68. The molecule has 0 bridgehead atoms. The van der Waals surface area contributed by atoms with Crippen LogP contribution in [0.5, 0.6) is 0 Å². The fourth-order valence-corrected chi connectivity index (χ4v) is 1.49. The summed E-state index contributed by atoms with van der Waals surface area (Å²) in [6.07, 6.45) is 2.29. The summed E-state index contributed by atoms with van der Waals surface area (Å²) < 4.78 is 32.8. The Kier molecular flexibility index (Phi) is 4.81. The molecule has 1 atom stereocenters. The van der Waals surface area contributed by atoms with E-state index in [9.17, 15) is 13.6 Å². The third-order valence-corrected chi connectivity index (χ3v) is 2.34. The van der Waals surface area contributed by atoms with Gasteiger partial charge in [0.1, 0.15) is 11.6 Å². The van der Waals surface area contributed by atoms with E-state index >= 15 is 0 Å². The second-order valence-electron chi connectivity index (χ2n) is 5.24. The smallest absolute Gasteiger partial charge is 0.408 e. The van der Waals surface area contributed by atoms with Crippen molar-refractivity contribution in [1.29, 1.82) is 0 Å². The van der Waals surface area contributed by atoms with Crippen molar-refractivity contribution in [3.8, 4) is 0 Å². The van der Waals surface area contributed by atoms with Crippen LogP contribution in [0.4, 0.5) is 13.6 Å². The first-order valence-corrected chi connectivity index (χ1v) is 6.06. The molecule has 0 radical (unpaired) electrons. The number of ether oxygens (including phenoxy) is 1. The fourth-order valence-electron chi connectivity index (χ4n) is 1.49. The summed E-state index contributed by atoms with van der Waals surface area (Å²) in [4.78, 5) is 15.5. The number of nitrogens with one attached hydrogen (secondary N) is 1. The molecule has 0 saturated heterocycles. The van der Waals surface area contributed by atoms with Crippen LogP contribution in [0.25, 0.3) is 0 Å². The van der Waals surface area contributed by atoms with Crippen LogP contribution in [0.2, 0.25) is 0 Å². The van der Waals surface area contributed by atoms with Crippen molar-refractivity contribution in [3.05, 3.63) is 42.7 Å². The quantitative estimate of drug-likeness (QED) is 0.861. The van der Waals surface area contributed by atoms with Crippen LogP contribution in [0.3, 0.4) is 0 Å². The van der Waals surface area contributed by atoms with Crippen molar-refractivity contribution in [3.63, 3.8) is 0 Å². The molecular weight excluding hydrogens is 266 g/mol. The normalized spacial score (nSPS) is 13.4. The second kappa shape index (κ2) is 5.98. The minimum Gasteiger partial charge on any atom is -0.444 e. The van der Waals surface area contributed by atoms with Crippen LogP contribution in [0, 0.1) is 0 Å². The third kappa shape index (κ3) is 4.60. The number of amides is 1. The Labute approximate surface area is 116 Å². The molecule has 0 aliphatic rings. The molecule has 0 aliphatic heterocycles. The number of alkyl halides is 2. The van der Waals surface area contributed by atoms with Crippen LogP contribution in [0.15, 0.2) is 37.2 Å². The van der Waals surface area contributed by atoms with Crippen LogP contribution in [0.1, 0.15) is 32.4 Å². The maximum Gasteiger partial charge on any atom is 0.408 e. The number of carbonyl (C=O) groups is 1. The van der Waals surface area contributed by atoms with Crippen molar-refractivity contribution in [2.24, 2.45) is 0 Å². The third-order valence-electron chi connectivity index (χ3n) is 2.34. The first kappa shape index (κ1) is 16.1. The Balaban J connectivity index is 2.96. The highest BCUT2D eigenvalue weighted by atomic mass is 19.3. The average molecular weight is 284 g/mol. The highest BCUT2D eigenvalue weighted by Gasteiger charge is 2.39. The van der Waals surface area contributed by atoms with E-state index in [1.165, 1.54) is 24.5 Å². The summed E-state index contributed by atoms with van der Waals surface area (Å²) >= 11 is 0. The van der Waals surface area contributed by atoms with Crippen molar-refractivity contribution in [2.75, 3.05) is 0 Å². The number of hydrogen-bond donors (Lipinski definition) is 1. The predicted molar refractivity (Wildman–Crippen MR) is 71.5 cm³/mol. The largest absolute Gasteiger partial charge is 0.444 e. The monoisotopic (exact) mass is 284 g/mol. The zero-order valence-corrected chi connectivity index (χ0v) is 11.7. The molecule has 0 aliphatic carbocycles. The summed E-state index contributed by atoms with van der Waals surface area (Å²) in [5.74, 6) is -3.32. The molecule has 0 aromatic carbocycles. The minimum atomic E-state index is -3.32. The Bertz CT molecular complexity index is 470. The van der Waals surface area contributed by atoms with Crippen molar-refractivity contribution in [2.45, 2.75) is 38.3 Å². The molecule has 1 rings (SSSR count). The molecule has 1 amide bonds. The second-order valence-corrected chi connectivity index (χ2v) is 5.24. The number of halogens is 2. The minimum absolute atomic E-state index is 0.170. The number of nitrogens with zero attached hydrogens (tertiary/aromatic N) is 1. The van der Waals surface area contributed by atoms with E-state index in [0.29, 0.717) is 6.08 Å². The molecule has 1 unspecified atom stereocenters. The zero-order chi connectivity index (χ0) is 15.4. The van der Waals surface area contributed by atoms with Gasteiger partial charge < -0.3 is 10.1 Å². The lowest BCUT2D eigenvalue weighted by Gasteiger charge is -2.27. The van der Waals surface area contributed by atoms with Crippen molar-refractivity contribution >= 4 is 6.09 Å². The van der Waals surface area contributed by atoms with Gasteiger partial charge in [0.15, 0.2) is 0 Å². The Hall–Kier alpha value is -1.98. The maximum absolute atomic E-state index is 13.9. The molecular formula is C14H18F2N2O2. The highest BCUT2D eigenvalue weighted by Crippen LogP contribution is 2.32. The number of hydrogen-bond acceptors (Lipinski definition) is 3. The van der Waals surface area contributed by atoms with Gasteiger partial charge in [-0.3, -0.25) is 4.98 Å². The van der Waals surface area contributed by atoms with Gasteiger partial charge >= 0.3 is 6.09 Å². The van der Waals surface area contributed by atoms with Gasteiger partial charge in [0.2, 0.25) is 0 Å². The Morgan fingerprint density at radius 2 is 2.15 bits per heavy atom. The molecule has 20 heavy (non-hydrogen) atoms. The SMILES string of the molecule is C=CC(F)(F)C(NC(=O)OC(C)(C)C)c1cccnc1. The first-order chi connectivity index (χ1) is 9.15. The Morgan fingerprint density at radius 3 is 2.60 bits per heavy atom. The maximum atomic E-state index is 13.9. The van der Waals surface area contributed by atoms with Gasteiger partial charge in [-0.25, -0.2) is 4.79 Å². The molecule has 1 aromatic rings. The molecule has 4 nitrogen and oxygen atoms in total. The van der Waals surface area contributed by atoms with Gasteiger partial charge in [0.05, 0.1) is 0 Å². The number of carbonyl (C=O) groups excluding carboxylic acids is 1. The fraction of sp³-hybridized carbons (Fsp3) is 0.429. The number of alkyl carbamates (subject to hydrolysis) is 1. The lowest BCUT2D eigenvalue weighted by molar-refractivity contribution is -0.000526. The lowest BCUT2D eigenvalue weighted by Crippen LogP contribution is -2.42. The molecule has 1 heterocycles. The molecule has 110 valence electrons. The van der Waals surface area contributed by atoms with Gasteiger partial charge in [-0.2, -0.15) is 8.78 Å². The topological polar surface area (TPSA) is 51.2 Å². The van der Waals surface area contributed by atoms with Crippen LogP contribution in [-0.2, 0) is 4.74 Å². The zero-order valence-electron chi connectivity index (χ0n) is 11.7. The lowest BCUT2D eigenvalue weighted by atomic mass is 10.0. The number of rotatable bonds is 4. The molecule has 0 fully saturated rings. The van der Waals surface area contributed by atoms with E-state index in [4.69, 9.17) is 4.74 Å². The van der Waals surface area contributed by atoms with Crippen LogP contribution in [-0.4, -0.2) is 22.6 Å². The van der Waals surface area contributed by atoms with Crippen LogP contribution >= 0.6 is 0 Å². The number of aromatic nitrogens is 1. The molecule has 1 aromatic heterocycles. The molecule has 0 saturated carbocycles. The van der Waals surface area contributed by atoms with E-state index < -0.39 is 23.7 Å². The number of pyridine rings is 1. The van der Waals surface area contributed by atoms with Crippen molar-refractivity contribution in [1.82, 2.24) is 10.3 Å². The van der Waals surface area contributed by atoms with Gasteiger partial charge in [-0.05, 0) is 38.5 Å². The Morgan fingerprint density at radius 1 is 1.50 bits per heavy atom.